The number of thiophene rings is 1. The molecule has 2 rings (SSSR count). The van der Waals surface area contributed by atoms with Gasteiger partial charge in [0.2, 0.25) is 0 Å². The quantitative estimate of drug-likeness (QED) is 0.901. The van der Waals surface area contributed by atoms with Gasteiger partial charge in [-0.2, -0.15) is 0 Å². The number of ether oxygens (including phenoxy) is 1. The first-order valence-corrected chi connectivity index (χ1v) is 6.41. The van der Waals surface area contributed by atoms with Crippen molar-refractivity contribution in [1.82, 2.24) is 0 Å². The highest BCUT2D eigenvalue weighted by atomic mass is 32.1. The molecule has 3 heteroatoms. The van der Waals surface area contributed by atoms with Crippen LogP contribution in [0.4, 0.5) is 0 Å². The topological polar surface area (TPSA) is 35.2 Å². The van der Waals surface area contributed by atoms with Crippen molar-refractivity contribution in [3.63, 3.8) is 0 Å². The van der Waals surface area contributed by atoms with Crippen molar-refractivity contribution in [2.24, 2.45) is 5.73 Å². The van der Waals surface area contributed by atoms with Crippen molar-refractivity contribution in [3.8, 4) is 16.2 Å². The van der Waals surface area contributed by atoms with Gasteiger partial charge >= 0.3 is 0 Å². The largest absolute Gasteiger partial charge is 0.496 e. The second-order valence-corrected chi connectivity index (χ2v) is 5.28. The number of methoxy groups -OCH3 is 1. The van der Waals surface area contributed by atoms with Crippen LogP contribution < -0.4 is 10.5 Å². The average molecular weight is 247 g/mol. The van der Waals surface area contributed by atoms with Gasteiger partial charge in [0.15, 0.2) is 0 Å². The van der Waals surface area contributed by atoms with E-state index in [0.717, 1.165) is 5.75 Å². The Hall–Kier alpha value is -1.32. The summed E-state index contributed by atoms with van der Waals surface area (Å²) in [6.07, 6.45) is 0. The molecule has 0 saturated heterocycles. The fourth-order valence-corrected chi connectivity index (χ4v) is 2.93. The van der Waals surface area contributed by atoms with E-state index in [9.17, 15) is 0 Å². The van der Waals surface area contributed by atoms with Gasteiger partial charge in [-0.3, -0.25) is 0 Å². The molecule has 1 aromatic carbocycles. The van der Waals surface area contributed by atoms with Crippen molar-refractivity contribution in [1.29, 1.82) is 0 Å². The highest BCUT2D eigenvalue weighted by Crippen LogP contribution is 2.33. The van der Waals surface area contributed by atoms with Crippen LogP contribution in [-0.2, 0) is 6.54 Å². The molecule has 90 valence electrons. The summed E-state index contributed by atoms with van der Waals surface area (Å²) in [7, 11) is 1.71. The Morgan fingerprint density at radius 2 is 1.82 bits per heavy atom. The summed E-state index contributed by atoms with van der Waals surface area (Å²) < 4.78 is 5.38. The van der Waals surface area contributed by atoms with E-state index >= 15 is 0 Å². The monoisotopic (exact) mass is 247 g/mol. The zero-order valence-corrected chi connectivity index (χ0v) is 11.2. The SMILES string of the molecule is COc1c(C)cc(-c2ccc(CN)s2)cc1C. The summed E-state index contributed by atoms with van der Waals surface area (Å²) in [4.78, 5) is 2.48. The maximum Gasteiger partial charge on any atom is 0.124 e. The fourth-order valence-electron chi connectivity index (χ4n) is 2.06. The van der Waals surface area contributed by atoms with E-state index in [1.165, 1.54) is 26.4 Å². The molecule has 2 nitrogen and oxygen atoms in total. The van der Waals surface area contributed by atoms with Crippen LogP contribution in [0.15, 0.2) is 24.3 Å². The van der Waals surface area contributed by atoms with Gasteiger partial charge in [0.05, 0.1) is 7.11 Å². The van der Waals surface area contributed by atoms with Gasteiger partial charge in [0, 0.05) is 16.3 Å². The van der Waals surface area contributed by atoms with Crippen LogP contribution in [0.25, 0.3) is 10.4 Å². The maximum atomic E-state index is 5.64. The van der Waals surface area contributed by atoms with E-state index in [0.29, 0.717) is 6.54 Å². The Bertz CT molecular complexity index is 508. The molecule has 0 saturated carbocycles. The van der Waals surface area contributed by atoms with E-state index in [-0.39, 0.29) is 0 Å². The van der Waals surface area contributed by atoms with Crippen molar-refractivity contribution < 1.29 is 4.74 Å². The lowest BCUT2D eigenvalue weighted by Crippen LogP contribution is -1.91. The average Bonchev–Trinajstić information content (AvgIpc) is 2.77. The molecule has 17 heavy (non-hydrogen) atoms. The van der Waals surface area contributed by atoms with Crippen LogP contribution in [0.2, 0.25) is 0 Å². The smallest absolute Gasteiger partial charge is 0.124 e. The van der Waals surface area contributed by atoms with E-state index < -0.39 is 0 Å². The van der Waals surface area contributed by atoms with E-state index in [2.05, 4.69) is 38.1 Å². The minimum atomic E-state index is 0.610. The minimum absolute atomic E-state index is 0.610. The molecule has 0 aliphatic carbocycles. The maximum absolute atomic E-state index is 5.64. The zero-order chi connectivity index (χ0) is 12.4. The molecular weight excluding hydrogens is 230 g/mol. The van der Waals surface area contributed by atoms with Crippen molar-refractivity contribution >= 4 is 11.3 Å². The van der Waals surface area contributed by atoms with Gasteiger partial charge in [-0.25, -0.2) is 0 Å². The van der Waals surface area contributed by atoms with Gasteiger partial charge in [0.1, 0.15) is 5.75 Å². The third-order valence-electron chi connectivity index (χ3n) is 2.81. The first-order valence-electron chi connectivity index (χ1n) is 5.60. The molecule has 0 unspecified atom stereocenters. The van der Waals surface area contributed by atoms with Crippen LogP contribution >= 0.6 is 11.3 Å². The molecule has 0 bridgehead atoms. The molecule has 1 aromatic heterocycles. The Morgan fingerprint density at radius 3 is 2.29 bits per heavy atom. The number of rotatable bonds is 3. The number of hydrogen-bond acceptors (Lipinski definition) is 3. The van der Waals surface area contributed by atoms with Crippen molar-refractivity contribution in [2.75, 3.05) is 7.11 Å². The standard InChI is InChI=1S/C14H17NOS/c1-9-6-11(7-10(2)14(9)16-3)13-5-4-12(8-15)17-13/h4-7H,8,15H2,1-3H3. The highest BCUT2D eigenvalue weighted by Gasteiger charge is 2.08. The lowest BCUT2D eigenvalue weighted by molar-refractivity contribution is 0.408. The molecule has 0 spiro atoms. The molecule has 1 heterocycles. The molecule has 0 aliphatic rings. The second-order valence-electron chi connectivity index (χ2n) is 4.11. The van der Waals surface area contributed by atoms with Crippen molar-refractivity contribution in [3.05, 3.63) is 40.3 Å². The first-order chi connectivity index (χ1) is 8.15. The minimum Gasteiger partial charge on any atom is -0.496 e. The zero-order valence-electron chi connectivity index (χ0n) is 10.4. The summed E-state index contributed by atoms with van der Waals surface area (Å²) in [6, 6.07) is 8.55. The predicted molar refractivity (Wildman–Crippen MR) is 73.7 cm³/mol. The van der Waals surface area contributed by atoms with E-state index in [1.54, 1.807) is 18.4 Å². The summed E-state index contributed by atoms with van der Waals surface area (Å²) in [5.74, 6) is 0.976. The van der Waals surface area contributed by atoms with Gasteiger partial charge < -0.3 is 10.5 Å². The lowest BCUT2D eigenvalue weighted by atomic mass is 10.0. The Labute approximate surface area is 106 Å². The summed E-state index contributed by atoms with van der Waals surface area (Å²) >= 11 is 1.75. The highest BCUT2D eigenvalue weighted by molar-refractivity contribution is 7.15. The summed E-state index contributed by atoms with van der Waals surface area (Å²) in [6.45, 7) is 4.76. The van der Waals surface area contributed by atoms with Gasteiger partial charge in [-0.15, -0.1) is 11.3 Å². The van der Waals surface area contributed by atoms with Gasteiger partial charge in [-0.1, -0.05) is 0 Å². The number of hydrogen-bond donors (Lipinski definition) is 1. The molecule has 2 N–H and O–H groups in total. The summed E-state index contributed by atoms with van der Waals surface area (Å²) in [5.41, 5.74) is 9.22. The summed E-state index contributed by atoms with van der Waals surface area (Å²) in [5, 5.41) is 0. The van der Waals surface area contributed by atoms with E-state index in [1.807, 2.05) is 0 Å². The normalized spacial score (nSPS) is 10.6. The molecule has 0 fully saturated rings. The lowest BCUT2D eigenvalue weighted by Gasteiger charge is -2.10. The van der Waals surface area contributed by atoms with Gasteiger partial charge in [0.25, 0.3) is 0 Å². The van der Waals surface area contributed by atoms with Crippen LogP contribution in [0.5, 0.6) is 5.75 Å². The van der Waals surface area contributed by atoms with Crippen LogP contribution in [-0.4, -0.2) is 7.11 Å². The number of benzene rings is 1. The molecule has 0 amide bonds. The predicted octanol–water partition coefficient (Wildman–Crippen LogP) is 3.50. The molecule has 0 radical (unpaired) electrons. The van der Waals surface area contributed by atoms with E-state index in [4.69, 9.17) is 10.5 Å². The number of nitrogens with two attached hydrogens (primary N) is 1. The third kappa shape index (κ3) is 2.35. The first kappa shape index (κ1) is 12.1. The van der Waals surface area contributed by atoms with Gasteiger partial charge in [-0.05, 0) is 54.8 Å². The fraction of sp³-hybridized carbons (Fsp3) is 0.286. The molecule has 2 aromatic rings. The Balaban J connectivity index is 2.46. The van der Waals surface area contributed by atoms with Crippen molar-refractivity contribution in [2.45, 2.75) is 20.4 Å². The van der Waals surface area contributed by atoms with Crippen LogP contribution in [0.1, 0.15) is 16.0 Å². The molecular formula is C14H17NOS. The second kappa shape index (κ2) is 4.90. The third-order valence-corrected chi connectivity index (χ3v) is 3.97. The number of aryl methyl sites for hydroxylation is 2. The van der Waals surface area contributed by atoms with Crippen LogP contribution in [0, 0.1) is 13.8 Å². The Kier molecular flexibility index (Phi) is 3.50. The van der Waals surface area contributed by atoms with Crippen LogP contribution in [0.3, 0.4) is 0 Å². The Morgan fingerprint density at radius 1 is 1.18 bits per heavy atom. The molecule has 0 aliphatic heterocycles. The molecule has 0 atom stereocenters.